The second-order valence-corrected chi connectivity index (χ2v) is 6.74. The van der Waals surface area contributed by atoms with Crippen LogP contribution >= 0.6 is 0 Å². The number of ether oxygens (including phenoxy) is 2. The van der Waals surface area contributed by atoms with E-state index in [1.807, 2.05) is 36.4 Å². The fourth-order valence-electron chi connectivity index (χ4n) is 3.49. The average molecular weight is 407 g/mol. The van der Waals surface area contributed by atoms with Crippen LogP contribution in [0.2, 0.25) is 0 Å². The summed E-state index contributed by atoms with van der Waals surface area (Å²) < 4.78 is 12.1. The molecule has 1 aliphatic heterocycles. The number of methoxy groups -OCH3 is 2. The molecule has 0 radical (unpaired) electrons. The van der Waals surface area contributed by atoms with Crippen LogP contribution < -0.4 is 20.1 Å². The van der Waals surface area contributed by atoms with Crippen molar-refractivity contribution in [2.24, 2.45) is 0 Å². The average Bonchev–Trinajstić information content (AvgIpc) is 3.22. The lowest BCUT2D eigenvalue weighted by Gasteiger charge is -2.24. The first kappa shape index (κ1) is 19.4. The molecule has 0 spiro atoms. The van der Waals surface area contributed by atoms with Crippen LogP contribution in [0.25, 0.3) is 0 Å². The maximum absolute atomic E-state index is 12.7. The maximum atomic E-state index is 12.7. The summed E-state index contributed by atoms with van der Waals surface area (Å²) in [6, 6.07) is 14.8. The van der Waals surface area contributed by atoms with Crippen LogP contribution in [0.5, 0.6) is 11.5 Å². The number of carbonyl (C=O) groups is 2. The van der Waals surface area contributed by atoms with Gasteiger partial charge in [-0.25, -0.2) is 4.68 Å². The third-order valence-corrected chi connectivity index (χ3v) is 4.95. The highest BCUT2D eigenvalue weighted by atomic mass is 16.5. The molecule has 1 aliphatic rings. The molecule has 0 saturated carbocycles. The predicted molar refractivity (Wildman–Crippen MR) is 107 cm³/mol. The zero-order chi connectivity index (χ0) is 21.1. The Morgan fingerprint density at radius 2 is 1.97 bits per heavy atom. The van der Waals surface area contributed by atoms with Gasteiger partial charge in [-0.1, -0.05) is 47.7 Å². The van der Waals surface area contributed by atoms with Gasteiger partial charge >= 0.3 is 0 Å². The van der Waals surface area contributed by atoms with Crippen LogP contribution in [0.15, 0.2) is 48.5 Å². The van der Waals surface area contributed by atoms with Crippen molar-refractivity contribution >= 4 is 11.8 Å². The third kappa shape index (κ3) is 3.57. The van der Waals surface area contributed by atoms with Gasteiger partial charge in [-0.05, 0) is 11.6 Å². The number of rotatable bonds is 6. The van der Waals surface area contributed by atoms with E-state index in [1.165, 1.54) is 11.8 Å². The number of nitrogens with one attached hydrogen (secondary N) is 2. The first-order valence-corrected chi connectivity index (χ1v) is 9.39. The van der Waals surface area contributed by atoms with E-state index in [9.17, 15) is 9.59 Å². The quantitative estimate of drug-likeness (QED) is 0.644. The lowest BCUT2D eigenvalue weighted by molar-refractivity contribution is 0.0876. The van der Waals surface area contributed by atoms with Gasteiger partial charge in [-0.15, -0.1) is 5.10 Å². The summed E-state index contributed by atoms with van der Waals surface area (Å²) in [6.45, 7) is 0.578. The fraction of sp³-hybridized carbons (Fsp3) is 0.238. The number of carbonyl (C=O) groups excluding carboxylic acids is 2. The van der Waals surface area contributed by atoms with E-state index < -0.39 is 5.91 Å². The minimum atomic E-state index is -0.491. The molecule has 0 unspecified atom stereocenters. The fourth-order valence-corrected chi connectivity index (χ4v) is 3.49. The van der Waals surface area contributed by atoms with Gasteiger partial charge in [0.25, 0.3) is 11.8 Å². The lowest BCUT2D eigenvalue weighted by Crippen LogP contribution is -2.40. The van der Waals surface area contributed by atoms with Crippen molar-refractivity contribution in [3.63, 3.8) is 0 Å². The van der Waals surface area contributed by atoms with Crippen molar-refractivity contribution in [1.29, 1.82) is 0 Å². The molecule has 30 heavy (non-hydrogen) atoms. The smallest absolute Gasteiger partial charge is 0.274 e. The molecule has 0 saturated heterocycles. The highest BCUT2D eigenvalue weighted by Gasteiger charge is 2.32. The Morgan fingerprint density at radius 1 is 1.17 bits per heavy atom. The van der Waals surface area contributed by atoms with Gasteiger partial charge in [0.15, 0.2) is 22.9 Å². The Balaban J connectivity index is 1.51. The summed E-state index contributed by atoms with van der Waals surface area (Å²) >= 11 is 0. The normalized spacial score (nSPS) is 15.1. The van der Waals surface area contributed by atoms with E-state index in [0.717, 1.165) is 11.1 Å². The molecule has 3 aromatic rings. The molecule has 154 valence electrons. The second kappa shape index (κ2) is 8.24. The number of para-hydroxylation sites is 1. The molecule has 0 aliphatic carbocycles. The van der Waals surface area contributed by atoms with Crippen LogP contribution in [0.4, 0.5) is 0 Å². The van der Waals surface area contributed by atoms with Crippen molar-refractivity contribution in [3.8, 4) is 11.5 Å². The number of aromatic nitrogens is 3. The Kier molecular flexibility index (Phi) is 5.34. The first-order chi connectivity index (χ1) is 14.6. The molecular formula is C21H21N5O4. The van der Waals surface area contributed by atoms with E-state index >= 15 is 0 Å². The van der Waals surface area contributed by atoms with E-state index in [4.69, 9.17) is 9.47 Å². The molecule has 0 bridgehead atoms. The molecule has 0 fully saturated rings. The Labute approximate surface area is 173 Å². The molecule has 2 aromatic carbocycles. The molecule has 9 heteroatoms. The predicted octanol–water partition coefficient (Wildman–Crippen LogP) is 1.71. The zero-order valence-corrected chi connectivity index (χ0v) is 16.6. The van der Waals surface area contributed by atoms with Crippen molar-refractivity contribution < 1.29 is 19.1 Å². The van der Waals surface area contributed by atoms with E-state index in [-0.39, 0.29) is 29.9 Å². The standard InChI is InChI=1S/C21H21N5O4/c1-29-16-10-6-9-14(19(16)30-2)11-22-20(27)17-18-21(28)23-15(12-26(18)25-24-17)13-7-4-3-5-8-13/h3-10,15H,11-12H2,1-2H3,(H,22,27)(H,23,28)/t15-/m1/s1. The molecule has 9 nitrogen and oxygen atoms in total. The minimum Gasteiger partial charge on any atom is -0.493 e. The van der Waals surface area contributed by atoms with Crippen molar-refractivity contribution in [2.75, 3.05) is 14.2 Å². The van der Waals surface area contributed by atoms with E-state index in [2.05, 4.69) is 20.9 Å². The van der Waals surface area contributed by atoms with Crippen LogP contribution in [-0.2, 0) is 13.1 Å². The van der Waals surface area contributed by atoms with Crippen molar-refractivity contribution in [2.45, 2.75) is 19.1 Å². The summed E-state index contributed by atoms with van der Waals surface area (Å²) in [5, 5.41) is 13.7. The van der Waals surface area contributed by atoms with Gasteiger partial charge in [0, 0.05) is 12.1 Å². The highest BCUT2D eigenvalue weighted by Crippen LogP contribution is 2.30. The summed E-state index contributed by atoms with van der Waals surface area (Å²) in [4.78, 5) is 25.4. The SMILES string of the molecule is COc1cccc(CNC(=O)c2nnn3c2C(=O)N[C@@H](c2ccccc2)C3)c1OC. The topological polar surface area (TPSA) is 107 Å². The van der Waals surface area contributed by atoms with Gasteiger partial charge in [-0.2, -0.15) is 0 Å². The molecule has 4 rings (SSSR count). The molecular weight excluding hydrogens is 386 g/mol. The largest absolute Gasteiger partial charge is 0.493 e. The molecule has 2 N–H and O–H groups in total. The van der Waals surface area contributed by atoms with Crippen molar-refractivity contribution in [1.82, 2.24) is 25.6 Å². The van der Waals surface area contributed by atoms with Gasteiger partial charge < -0.3 is 20.1 Å². The molecule has 1 atom stereocenters. The van der Waals surface area contributed by atoms with Gasteiger partial charge in [0.05, 0.1) is 26.8 Å². The van der Waals surface area contributed by atoms with E-state index in [1.54, 1.807) is 19.2 Å². The summed E-state index contributed by atoms with van der Waals surface area (Å²) in [7, 11) is 3.08. The maximum Gasteiger partial charge on any atom is 0.274 e. The van der Waals surface area contributed by atoms with Crippen LogP contribution in [0.3, 0.4) is 0 Å². The number of fused-ring (bicyclic) bond motifs is 1. The first-order valence-electron chi connectivity index (χ1n) is 9.39. The van der Waals surface area contributed by atoms with E-state index in [0.29, 0.717) is 18.0 Å². The lowest BCUT2D eigenvalue weighted by atomic mass is 10.0. The second-order valence-electron chi connectivity index (χ2n) is 6.74. The Bertz CT molecular complexity index is 1080. The van der Waals surface area contributed by atoms with Gasteiger partial charge in [0.1, 0.15) is 0 Å². The van der Waals surface area contributed by atoms with Gasteiger partial charge in [-0.3, -0.25) is 9.59 Å². The van der Waals surface area contributed by atoms with Gasteiger partial charge in [0.2, 0.25) is 0 Å². The van der Waals surface area contributed by atoms with Crippen LogP contribution in [0, 0.1) is 0 Å². The summed E-state index contributed by atoms with van der Waals surface area (Å²) in [5.74, 6) is 0.226. The molecule has 2 amide bonds. The number of hydrogen-bond acceptors (Lipinski definition) is 6. The number of hydrogen-bond donors (Lipinski definition) is 2. The summed E-state index contributed by atoms with van der Waals surface area (Å²) in [6.07, 6.45) is 0. The number of amides is 2. The van der Waals surface area contributed by atoms with Crippen LogP contribution in [0.1, 0.15) is 38.1 Å². The van der Waals surface area contributed by atoms with Crippen LogP contribution in [-0.4, -0.2) is 41.0 Å². The Morgan fingerprint density at radius 3 is 2.70 bits per heavy atom. The molecule has 1 aromatic heterocycles. The summed E-state index contributed by atoms with van der Waals surface area (Å²) in [5.41, 5.74) is 1.83. The number of benzene rings is 2. The monoisotopic (exact) mass is 407 g/mol. The Hall–Kier alpha value is -3.88. The molecule has 2 heterocycles. The third-order valence-electron chi connectivity index (χ3n) is 4.95. The number of nitrogens with zero attached hydrogens (tertiary/aromatic N) is 3. The highest BCUT2D eigenvalue weighted by molar-refractivity contribution is 6.05. The minimum absolute atomic E-state index is 0.0131. The van der Waals surface area contributed by atoms with Crippen molar-refractivity contribution in [3.05, 3.63) is 71.0 Å². The zero-order valence-electron chi connectivity index (χ0n) is 16.6.